The predicted molar refractivity (Wildman–Crippen MR) is 191 cm³/mol. The van der Waals surface area contributed by atoms with Gasteiger partial charge in [-0.25, -0.2) is 0 Å². The highest BCUT2D eigenvalue weighted by Crippen LogP contribution is 2.48. The largest absolute Gasteiger partial charge is 0.456 e. The van der Waals surface area contributed by atoms with Crippen LogP contribution < -0.4 is 20.7 Å². The minimum atomic E-state index is -0.136. The molecule has 1 saturated heterocycles. The normalized spacial score (nSPS) is 18.3. The van der Waals surface area contributed by atoms with Crippen LogP contribution >= 0.6 is 0 Å². The molecule has 0 aromatic heterocycles. The number of fused-ring (bicyclic) bond motifs is 4. The van der Waals surface area contributed by atoms with Gasteiger partial charge in [-0.1, -0.05) is 146 Å². The zero-order valence-electron chi connectivity index (χ0n) is 25.7. The van der Waals surface area contributed by atoms with Crippen molar-refractivity contribution in [3.63, 3.8) is 0 Å². The number of nitrogens with one attached hydrogen (secondary N) is 3. The molecule has 3 atom stereocenters. The molecule has 4 nitrogen and oxygen atoms in total. The van der Waals surface area contributed by atoms with E-state index in [2.05, 4.69) is 168 Å². The molecule has 7 aromatic rings. The number of hydrogen-bond acceptors (Lipinski definition) is 4. The van der Waals surface area contributed by atoms with E-state index in [1.807, 2.05) is 12.1 Å². The lowest BCUT2D eigenvalue weighted by Gasteiger charge is -2.40. The number of para-hydroxylation sites is 2. The third-order valence-corrected chi connectivity index (χ3v) is 9.42. The van der Waals surface area contributed by atoms with Crippen molar-refractivity contribution >= 4 is 10.8 Å². The first-order chi connectivity index (χ1) is 23.3. The Labute approximate surface area is 274 Å². The maximum atomic E-state index is 6.55. The van der Waals surface area contributed by atoms with E-state index < -0.39 is 0 Å². The summed E-state index contributed by atoms with van der Waals surface area (Å²) < 4.78 is 6.55. The Bertz CT molecular complexity index is 2180. The van der Waals surface area contributed by atoms with Gasteiger partial charge in [0.1, 0.15) is 11.5 Å². The summed E-state index contributed by atoms with van der Waals surface area (Å²) in [5.74, 6) is 1.73. The number of ether oxygens (including phenoxy) is 1. The van der Waals surface area contributed by atoms with Gasteiger partial charge in [0.2, 0.25) is 0 Å². The molecule has 47 heavy (non-hydrogen) atoms. The van der Waals surface area contributed by atoms with Gasteiger partial charge in [-0.15, -0.1) is 0 Å². The van der Waals surface area contributed by atoms with E-state index in [4.69, 9.17) is 4.74 Å². The second-order valence-electron chi connectivity index (χ2n) is 12.2. The van der Waals surface area contributed by atoms with Gasteiger partial charge in [0.05, 0.1) is 18.5 Å². The molecule has 4 heteroatoms. The first-order valence-corrected chi connectivity index (χ1v) is 16.2. The van der Waals surface area contributed by atoms with E-state index in [0.29, 0.717) is 0 Å². The molecule has 0 bridgehead atoms. The highest BCUT2D eigenvalue weighted by atomic mass is 16.5. The van der Waals surface area contributed by atoms with E-state index in [1.165, 1.54) is 49.7 Å². The van der Waals surface area contributed by atoms with E-state index in [9.17, 15) is 0 Å². The molecule has 0 saturated carbocycles. The lowest BCUT2D eigenvalue weighted by molar-refractivity contribution is 0.204. The fraction of sp³-hybridized carbons (Fsp3) is 0.0698. The topological polar surface area (TPSA) is 45.3 Å². The summed E-state index contributed by atoms with van der Waals surface area (Å²) in [7, 11) is 0. The monoisotopic (exact) mass is 607 g/mol. The van der Waals surface area contributed by atoms with Crippen molar-refractivity contribution < 1.29 is 4.74 Å². The molecule has 3 unspecified atom stereocenters. The standard InChI is InChI=1S/C43H33N3O/c1-3-13-28(14-4-1)30-17-11-18-31(27-30)42-44-41(29-15-5-2-6-16-29)45-43(46-42)37-26-25-36-33-20-8-10-24-39(33)47-38-23-9-7-19-32(38)34-21-12-22-35(37)40(34)36/h1-27,41-46H. The Morgan fingerprint density at radius 1 is 0.383 bits per heavy atom. The van der Waals surface area contributed by atoms with Crippen molar-refractivity contribution in [3.05, 3.63) is 180 Å². The molecule has 9 rings (SSSR count). The highest BCUT2D eigenvalue weighted by Gasteiger charge is 2.31. The van der Waals surface area contributed by atoms with Gasteiger partial charge < -0.3 is 4.74 Å². The molecule has 0 aliphatic carbocycles. The average molecular weight is 608 g/mol. The molecule has 0 amide bonds. The minimum absolute atomic E-state index is 0.0699. The Morgan fingerprint density at radius 2 is 0.915 bits per heavy atom. The molecule has 2 heterocycles. The van der Waals surface area contributed by atoms with Crippen LogP contribution in [0.4, 0.5) is 0 Å². The molecule has 1 fully saturated rings. The first kappa shape index (κ1) is 27.8. The smallest absolute Gasteiger partial charge is 0.135 e. The number of benzene rings is 7. The maximum absolute atomic E-state index is 6.55. The van der Waals surface area contributed by atoms with E-state index >= 15 is 0 Å². The summed E-state index contributed by atoms with van der Waals surface area (Å²) in [6.45, 7) is 0. The van der Waals surface area contributed by atoms with Crippen LogP contribution in [0.1, 0.15) is 35.2 Å². The molecule has 226 valence electrons. The van der Waals surface area contributed by atoms with Crippen molar-refractivity contribution in [1.82, 2.24) is 16.0 Å². The highest BCUT2D eigenvalue weighted by molar-refractivity contribution is 6.09. The van der Waals surface area contributed by atoms with Crippen LogP contribution in [0, 0.1) is 0 Å². The molecule has 0 spiro atoms. The fourth-order valence-corrected chi connectivity index (χ4v) is 7.19. The van der Waals surface area contributed by atoms with E-state index in [1.54, 1.807) is 0 Å². The third-order valence-electron chi connectivity index (χ3n) is 9.42. The predicted octanol–water partition coefficient (Wildman–Crippen LogP) is 10.1. The van der Waals surface area contributed by atoms with Crippen LogP contribution in [0.3, 0.4) is 0 Å². The Kier molecular flexibility index (Phi) is 6.90. The summed E-state index contributed by atoms with van der Waals surface area (Å²) in [6.07, 6.45) is -0.301. The van der Waals surface area contributed by atoms with Crippen molar-refractivity contribution in [3.8, 4) is 44.9 Å². The van der Waals surface area contributed by atoms with Crippen molar-refractivity contribution in [2.24, 2.45) is 0 Å². The molecular formula is C43H33N3O. The third kappa shape index (κ3) is 5.00. The van der Waals surface area contributed by atoms with Gasteiger partial charge in [0, 0.05) is 11.1 Å². The molecule has 7 aromatic carbocycles. The number of hydrogen-bond donors (Lipinski definition) is 3. The maximum Gasteiger partial charge on any atom is 0.135 e. The summed E-state index contributed by atoms with van der Waals surface area (Å²) in [4.78, 5) is 0. The zero-order chi connectivity index (χ0) is 31.2. The first-order valence-electron chi connectivity index (χ1n) is 16.2. The Balaban J connectivity index is 1.20. The van der Waals surface area contributed by atoms with Crippen LogP contribution in [0.15, 0.2) is 164 Å². The van der Waals surface area contributed by atoms with Gasteiger partial charge in [0.25, 0.3) is 0 Å². The van der Waals surface area contributed by atoms with Crippen LogP contribution in [0.5, 0.6) is 11.5 Å². The van der Waals surface area contributed by atoms with Gasteiger partial charge in [-0.05, 0) is 67.9 Å². The molecular weight excluding hydrogens is 574 g/mol. The van der Waals surface area contributed by atoms with E-state index in [0.717, 1.165) is 22.6 Å². The molecule has 2 aliphatic rings. The fourth-order valence-electron chi connectivity index (χ4n) is 7.19. The SMILES string of the molecule is c1ccc(-c2cccc(C3NC(c4ccccc4)NC(c4ccc5c6c(cccc46)-c4ccccc4Oc4ccccc4-5)N3)c2)cc1. The Hall–Kier alpha value is -5.52. The van der Waals surface area contributed by atoms with Gasteiger partial charge >= 0.3 is 0 Å². The van der Waals surface area contributed by atoms with Crippen molar-refractivity contribution in [2.45, 2.75) is 18.5 Å². The van der Waals surface area contributed by atoms with Crippen LogP contribution in [0.2, 0.25) is 0 Å². The lowest BCUT2D eigenvalue weighted by atomic mass is 9.87. The molecule has 0 radical (unpaired) electrons. The minimum Gasteiger partial charge on any atom is -0.456 e. The quantitative estimate of drug-likeness (QED) is 0.186. The summed E-state index contributed by atoms with van der Waals surface area (Å²) in [6, 6.07) is 58.0. The second kappa shape index (κ2) is 11.7. The van der Waals surface area contributed by atoms with Crippen LogP contribution in [-0.4, -0.2) is 0 Å². The van der Waals surface area contributed by atoms with Crippen LogP contribution in [0.25, 0.3) is 44.2 Å². The van der Waals surface area contributed by atoms with Gasteiger partial charge in [0.15, 0.2) is 0 Å². The summed E-state index contributed by atoms with van der Waals surface area (Å²) in [5, 5.41) is 14.2. The lowest BCUT2D eigenvalue weighted by Crippen LogP contribution is -2.54. The number of rotatable bonds is 4. The van der Waals surface area contributed by atoms with Gasteiger partial charge in [-0.3, -0.25) is 16.0 Å². The zero-order valence-corrected chi connectivity index (χ0v) is 25.7. The van der Waals surface area contributed by atoms with Crippen molar-refractivity contribution in [2.75, 3.05) is 0 Å². The Morgan fingerprint density at radius 3 is 1.66 bits per heavy atom. The van der Waals surface area contributed by atoms with Crippen molar-refractivity contribution in [1.29, 1.82) is 0 Å². The van der Waals surface area contributed by atoms with Gasteiger partial charge in [-0.2, -0.15) is 0 Å². The van der Waals surface area contributed by atoms with Crippen LogP contribution in [-0.2, 0) is 0 Å². The molecule has 2 aliphatic heterocycles. The van der Waals surface area contributed by atoms with E-state index in [-0.39, 0.29) is 18.5 Å². The average Bonchev–Trinajstić information content (AvgIpc) is 3.15. The summed E-state index contributed by atoms with van der Waals surface area (Å²) >= 11 is 0. The molecule has 3 N–H and O–H groups in total. The second-order valence-corrected chi connectivity index (χ2v) is 12.2. The summed E-state index contributed by atoms with van der Waals surface area (Å²) in [5.41, 5.74) is 10.5.